The predicted molar refractivity (Wildman–Crippen MR) is 103 cm³/mol. The molecule has 0 bridgehead atoms. The SMILES string of the molecule is O=C(Cn1nc(-c2nc(C3(c4ccc(F)cc4Cl)CC3)no2)cc1C(F)F)N1CC(F)(F)C1. The molecule has 0 N–H and O–H groups in total. The van der Waals surface area contributed by atoms with Gasteiger partial charge in [0.1, 0.15) is 18.1 Å². The molecule has 0 spiro atoms. The highest BCUT2D eigenvalue weighted by molar-refractivity contribution is 6.31. The van der Waals surface area contributed by atoms with Crippen LogP contribution < -0.4 is 0 Å². The highest BCUT2D eigenvalue weighted by atomic mass is 35.5. The molecule has 1 saturated carbocycles. The topological polar surface area (TPSA) is 77.0 Å². The van der Waals surface area contributed by atoms with Crippen LogP contribution in [0.15, 0.2) is 28.8 Å². The van der Waals surface area contributed by atoms with Crippen molar-refractivity contribution in [1.82, 2.24) is 24.8 Å². The van der Waals surface area contributed by atoms with Gasteiger partial charge in [-0.25, -0.2) is 22.0 Å². The largest absolute Gasteiger partial charge is 0.332 e. The van der Waals surface area contributed by atoms with Crippen LogP contribution >= 0.6 is 11.6 Å². The van der Waals surface area contributed by atoms with Gasteiger partial charge in [0, 0.05) is 5.02 Å². The zero-order valence-electron chi connectivity index (χ0n) is 16.7. The summed E-state index contributed by atoms with van der Waals surface area (Å²) < 4.78 is 72.4. The van der Waals surface area contributed by atoms with Gasteiger partial charge in [-0.3, -0.25) is 9.48 Å². The van der Waals surface area contributed by atoms with Crippen LogP contribution in [0, 0.1) is 5.82 Å². The van der Waals surface area contributed by atoms with Gasteiger partial charge >= 0.3 is 0 Å². The molecule has 3 aromatic rings. The summed E-state index contributed by atoms with van der Waals surface area (Å²) >= 11 is 6.19. The summed E-state index contributed by atoms with van der Waals surface area (Å²) in [5.74, 6) is -4.12. The molecule has 1 saturated heterocycles. The first-order valence-electron chi connectivity index (χ1n) is 9.90. The molecule has 0 radical (unpaired) electrons. The minimum absolute atomic E-state index is 0.0909. The Bertz CT molecular complexity index is 1230. The summed E-state index contributed by atoms with van der Waals surface area (Å²) in [7, 11) is 0. The van der Waals surface area contributed by atoms with Gasteiger partial charge in [0.2, 0.25) is 5.91 Å². The van der Waals surface area contributed by atoms with Crippen molar-refractivity contribution in [2.24, 2.45) is 0 Å². The van der Waals surface area contributed by atoms with Crippen LogP contribution in [-0.2, 0) is 16.8 Å². The first-order valence-corrected chi connectivity index (χ1v) is 10.3. The molecule has 0 unspecified atom stereocenters. The van der Waals surface area contributed by atoms with Gasteiger partial charge in [-0.1, -0.05) is 22.8 Å². The molecule has 5 rings (SSSR count). The van der Waals surface area contributed by atoms with Crippen molar-refractivity contribution in [3.8, 4) is 11.6 Å². The van der Waals surface area contributed by atoms with E-state index in [0.717, 1.165) is 15.6 Å². The summed E-state index contributed by atoms with van der Waals surface area (Å²) in [6.45, 7) is -2.15. The van der Waals surface area contributed by atoms with E-state index in [1.165, 1.54) is 18.2 Å². The van der Waals surface area contributed by atoms with Crippen LogP contribution in [0.25, 0.3) is 11.6 Å². The Labute approximate surface area is 188 Å². The quantitative estimate of drug-likeness (QED) is 0.487. The van der Waals surface area contributed by atoms with Crippen molar-refractivity contribution in [1.29, 1.82) is 0 Å². The highest BCUT2D eigenvalue weighted by Gasteiger charge is 2.51. The van der Waals surface area contributed by atoms with Gasteiger partial charge in [0.15, 0.2) is 11.5 Å². The summed E-state index contributed by atoms with van der Waals surface area (Å²) in [6, 6.07) is 4.99. The fraction of sp³-hybridized carbons (Fsp3) is 0.400. The number of halogens is 6. The van der Waals surface area contributed by atoms with Gasteiger partial charge < -0.3 is 9.42 Å². The molecule has 1 aliphatic heterocycles. The first-order chi connectivity index (χ1) is 15.6. The van der Waals surface area contributed by atoms with Gasteiger partial charge in [-0.2, -0.15) is 10.1 Å². The number of nitrogens with zero attached hydrogens (tertiary/aromatic N) is 5. The molecule has 3 heterocycles. The molecule has 1 aliphatic carbocycles. The van der Waals surface area contributed by atoms with Gasteiger partial charge in [0.05, 0.1) is 18.5 Å². The fourth-order valence-electron chi connectivity index (χ4n) is 3.89. The van der Waals surface area contributed by atoms with E-state index in [1.807, 2.05) is 0 Å². The highest BCUT2D eigenvalue weighted by Crippen LogP contribution is 2.54. The molecule has 2 aliphatic rings. The van der Waals surface area contributed by atoms with Crippen molar-refractivity contribution < 1.29 is 31.3 Å². The van der Waals surface area contributed by atoms with E-state index >= 15 is 0 Å². The Morgan fingerprint density at radius 1 is 1.21 bits per heavy atom. The van der Waals surface area contributed by atoms with Crippen LogP contribution in [0.4, 0.5) is 22.0 Å². The van der Waals surface area contributed by atoms with E-state index in [0.29, 0.717) is 18.4 Å². The summed E-state index contributed by atoms with van der Waals surface area (Å²) in [5, 5.41) is 8.12. The average molecular weight is 488 g/mol. The molecule has 2 fully saturated rings. The second kappa shape index (κ2) is 7.51. The van der Waals surface area contributed by atoms with Crippen LogP contribution in [0.2, 0.25) is 5.02 Å². The van der Waals surface area contributed by atoms with Crippen LogP contribution in [0.1, 0.15) is 36.3 Å². The number of likely N-dealkylation sites (tertiary alicyclic amines) is 1. The lowest BCUT2D eigenvalue weighted by Crippen LogP contribution is -2.59. The molecule has 13 heteroatoms. The minimum Gasteiger partial charge on any atom is -0.332 e. The van der Waals surface area contributed by atoms with Crippen LogP contribution in [0.3, 0.4) is 0 Å². The predicted octanol–water partition coefficient (Wildman–Crippen LogP) is 4.22. The number of benzene rings is 1. The Balaban J connectivity index is 1.41. The molecule has 7 nitrogen and oxygen atoms in total. The maximum atomic E-state index is 13.5. The van der Waals surface area contributed by atoms with Gasteiger partial charge in [-0.05, 0) is 36.6 Å². The van der Waals surface area contributed by atoms with E-state index in [9.17, 15) is 26.7 Å². The van der Waals surface area contributed by atoms with Crippen LogP contribution in [0.5, 0.6) is 0 Å². The molecule has 2 aromatic heterocycles. The molecule has 174 valence electrons. The third kappa shape index (κ3) is 3.85. The van der Waals surface area contributed by atoms with Crippen LogP contribution in [-0.4, -0.2) is 49.7 Å². The Morgan fingerprint density at radius 2 is 1.94 bits per heavy atom. The Hall–Kier alpha value is -3.02. The smallest absolute Gasteiger partial charge is 0.282 e. The van der Waals surface area contributed by atoms with Crippen molar-refractivity contribution >= 4 is 17.5 Å². The summed E-state index contributed by atoms with van der Waals surface area (Å²) in [5.41, 5.74) is -0.743. The third-order valence-electron chi connectivity index (χ3n) is 5.79. The van der Waals surface area contributed by atoms with E-state index in [-0.39, 0.29) is 22.4 Å². The monoisotopic (exact) mass is 487 g/mol. The summed E-state index contributed by atoms with van der Waals surface area (Å²) in [6.07, 6.45) is -1.72. The molecule has 1 aromatic carbocycles. The number of amides is 1. The molecular weight excluding hydrogens is 473 g/mol. The van der Waals surface area contributed by atoms with Gasteiger partial charge in [0.25, 0.3) is 18.2 Å². The first kappa shape index (κ1) is 21.8. The zero-order chi connectivity index (χ0) is 23.5. The average Bonchev–Trinajstić information content (AvgIpc) is 3.17. The lowest BCUT2D eigenvalue weighted by Gasteiger charge is -2.38. The number of carbonyl (C=O) groups is 1. The number of hydrogen-bond acceptors (Lipinski definition) is 5. The standard InChI is InChI=1S/C20H15ClF5N5O2/c21-12-5-10(22)1-2-11(12)19(3-4-19)18-27-17(33-29-18)13-6-14(16(23)24)31(28-13)7-15(32)30-8-20(25,26)9-30/h1-2,5-6,16H,3-4,7-9H2. The molecule has 0 atom stereocenters. The van der Waals surface area contributed by atoms with E-state index < -0.39 is 54.8 Å². The van der Waals surface area contributed by atoms with Crippen molar-refractivity contribution in [2.45, 2.75) is 37.1 Å². The lowest BCUT2D eigenvalue weighted by molar-refractivity contribution is -0.166. The van der Waals surface area contributed by atoms with E-state index in [4.69, 9.17) is 16.1 Å². The van der Waals surface area contributed by atoms with Crippen molar-refractivity contribution in [2.75, 3.05) is 13.1 Å². The van der Waals surface area contributed by atoms with E-state index in [1.54, 1.807) is 0 Å². The number of hydrogen-bond donors (Lipinski definition) is 0. The number of rotatable bonds is 6. The van der Waals surface area contributed by atoms with E-state index in [2.05, 4.69) is 15.2 Å². The number of aromatic nitrogens is 4. The molecular formula is C20H15ClF5N5O2. The third-order valence-corrected chi connectivity index (χ3v) is 6.10. The summed E-state index contributed by atoms with van der Waals surface area (Å²) in [4.78, 5) is 17.3. The maximum absolute atomic E-state index is 13.5. The molecule has 1 amide bonds. The van der Waals surface area contributed by atoms with Gasteiger partial charge in [-0.15, -0.1) is 0 Å². The zero-order valence-corrected chi connectivity index (χ0v) is 17.5. The molecule has 33 heavy (non-hydrogen) atoms. The Morgan fingerprint density at radius 3 is 2.55 bits per heavy atom. The van der Waals surface area contributed by atoms with Crippen molar-refractivity contribution in [3.05, 3.63) is 52.2 Å². The normalized spacial score (nSPS) is 18.5. The lowest BCUT2D eigenvalue weighted by atomic mass is 9.95. The maximum Gasteiger partial charge on any atom is 0.282 e. The fourth-order valence-corrected chi connectivity index (χ4v) is 4.24. The van der Waals surface area contributed by atoms with Crippen molar-refractivity contribution in [3.63, 3.8) is 0 Å². The second-order valence-electron chi connectivity index (χ2n) is 8.15. The number of carbonyl (C=O) groups excluding carboxylic acids is 1. The second-order valence-corrected chi connectivity index (χ2v) is 8.56. The Kier molecular flexibility index (Phi) is 4.96. The minimum atomic E-state index is -2.98. The number of alkyl halides is 4.